The molecule has 0 bridgehead atoms. The Bertz CT molecular complexity index is 1110. The number of amides is 1. The zero-order chi connectivity index (χ0) is 20.2. The minimum atomic E-state index is -0.454. The van der Waals surface area contributed by atoms with Crippen LogP contribution in [0.2, 0.25) is 0 Å². The molecule has 2 heterocycles. The van der Waals surface area contributed by atoms with Gasteiger partial charge in [-0.15, -0.1) is 0 Å². The van der Waals surface area contributed by atoms with E-state index in [0.717, 1.165) is 11.1 Å². The number of aromatic nitrogens is 1. The SMILES string of the molecule is COc1cccc(-c2ccc(C(=O)NCc3ccc4c(c3)OCCO4)c(=O)[nH]2)c1. The molecule has 1 amide bonds. The molecule has 0 unspecified atom stereocenters. The number of ether oxygens (including phenoxy) is 3. The Morgan fingerprint density at radius 2 is 1.90 bits per heavy atom. The molecule has 29 heavy (non-hydrogen) atoms. The fourth-order valence-corrected chi connectivity index (χ4v) is 3.09. The van der Waals surface area contributed by atoms with E-state index < -0.39 is 11.5 Å². The first kappa shape index (κ1) is 18.6. The minimum Gasteiger partial charge on any atom is -0.497 e. The molecule has 7 heteroatoms. The average Bonchev–Trinajstić information content (AvgIpc) is 2.77. The van der Waals surface area contributed by atoms with Crippen molar-refractivity contribution in [1.82, 2.24) is 10.3 Å². The highest BCUT2D eigenvalue weighted by Crippen LogP contribution is 2.30. The van der Waals surface area contributed by atoms with E-state index in [1.165, 1.54) is 6.07 Å². The van der Waals surface area contributed by atoms with Gasteiger partial charge in [-0.05, 0) is 42.0 Å². The molecule has 0 saturated carbocycles. The van der Waals surface area contributed by atoms with Gasteiger partial charge < -0.3 is 24.5 Å². The molecule has 0 radical (unpaired) electrons. The Morgan fingerprint density at radius 1 is 1.07 bits per heavy atom. The summed E-state index contributed by atoms with van der Waals surface area (Å²) >= 11 is 0. The zero-order valence-corrected chi connectivity index (χ0v) is 15.9. The highest BCUT2D eigenvalue weighted by atomic mass is 16.6. The smallest absolute Gasteiger partial charge is 0.261 e. The van der Waals surface area contributed by atoms with Gasteiger partial charge in [-0.3, -0.25) is 9.59 Å². The van der Waals surface area contributed by atoms with Gasteiger partial charge in [-0.1, -0.05) is 18.2 Å². The number of aromatic amines is 1. The van der Waals surface area contributed by atoms with Crippen molar-refractivity contribution in [2.45, 2.75) is 6.54 Å². The van der Waals surface area contributed by atoms with Crippen LogP contribution in [0.4, 0.5) is 0 Å². The number of methoxy groups -OCH3 is 1. The lowest BCUT2D eigenvalue weighted by Gasteiger charge is -2.19. The van der Waals surface area contributed by atoms with Crippen molar-refractivity contribution >= 4 is 5.91 Å². The highest BCUT2D eigenvalue weighted by molar-refractivity contribution is 5.94. The monoisotopic (exact) mass is 392 g/mol. The third kappa shape index (κ3) is 4.08. The van der Waals surface area contributed by atoms with E-state index in [1.54, 1.807) is 13.2 Å². The molecule has 0 spiro atoms. The molecule has 4 rings (SSSR count). The van der Waals surface area contributed by atoms with Crippen molar-refractivity contribution in [2.24, 2.45) is 0 Å². The number of carbonyl (C=O) groups excluding carboxylic acids is 1. The second-order valence-corrected chi connectivity index (χ2v) is 6.51. The topological polar surface area (TPSA) is 89.7 Å². The fraction of sp³-hybridized carbons (Fsp3) is 0.182. The predicted molar refractivity (Wildman–Crippen MR) is 108 cm³/mol. The molecule has 0 saturated heterocycles. The largest absolute Gasteiger partial charge is 0.497 e. The molecule has 2 aromatic carbocycles. The van der Waals surface area contributed by atoms with Gasteiger partial charge in [-0.2, -0.15) is 0 Å². The summed E-state index contributed by atoms with van der Waals surface area (Å²) in [5.74, 6) is 1.59. The van der Waals surface area contributed by atoms with E-state index in [1.807, 2.05) is 42.5 Å². The van der Waals surface area contributed by atoms with E-state index >= 15 is 0 Å². The van der Waals surface area contributed by atoms with Crippen molar-refractivity contribution in [1.29, 1.82) is 0 Å². The predicted octanol–water partition coefficient (Wildman–Crippen LogP) is 2.75. The Labute approximate surface area is 167 Å². The molecule has 148 valence electrons. The van der Waals surface area contributed by atoms with Crippen molar-refractivity contribution in [2.75, 3.05) is 20.3 Å². The molecule has 7 nitrogen and oxygen atoms in total. The molecule has 0 fully saturated rings. The summed E-state index contributed by atoms with van der Waals surface area (Å²) in [5, 5.41) is 2.77. The van der Waals surface area contributed by atoms with Crippen LogP contribution in [0.3, 0.4) is 0 Å². The maximum Gasteiger partial charge on any atom is 0.261 e. The van der Waals surface area contributed by atoms with Crippen LogP contribution in [0.5, 0.6) is 17.2 Å². The van der Waals surface area contributed by atoms with Crippen molar-refractivity contribution in [3.63, 3.8) is 0 Å². The van der Waals surface area contributed by atoms with Gasteiger partial charge >= 0.3 is 0 Å². The molecular weight excluding hydrogens is 372 g/mol. The number of benzene rings is 2. The van der Waals surface area contributed by atoms with Crippen molar-refractivity contribution in [3.05, 3.63) is 76.1 Å². The summed E-state index contributed by atoms with van der Waals surface area (Å²) in [5.41, 5.74) is 1.85. The first-order valence-corrected chi connectivity index (χ1v) is 9.18. The van der Waals surface area contributed by atoms with Gasteiger partial charge in [-0.25, -0.2) is 0 Å². The van der Waals surface area contributed by atoms with Gasteiger partial charge in [0.25, 0.3) is 11.5 Å². The van der Waals surface area contributed by atoms with Gasteiger partial charge in [0, 0.05) is 17.8 Å². The minimum absolute atomic E-state index is 0.0502. The lowest BCUT2D eigenvalue weighted by Crippen LogP contribution is -2.29. The standard InChI is InChI=1S/C22H20N2O5/c1-27-16-4-2-3-15(12-16)18-7-6-17(22(26)24-18)21(25)23-13-14-5-8-19-20(11-14)29-10-9-28-19/h2-8,11-12H,9-10,13H2,1H3,(H,23,25)(H,24,26). The third-order valence-electron chi connectivity index (χ3n) is 4.59. The van der Waals surface area contributed by atoms with E-state index in [9.17, 15) is 9.59 Å². The third-order valence-corrected chi connectivity index (χ3v) is 4.59. The lowest BCUT2D eigenvalue weighted by atomic mass is 10.1. The van der Waals surface area contributed by atoms with Crippen LogP contribution >= 0.6 is 0 Å². The average molecular weight is 392 g/mol. The molecular formula is C22H20N2O5. The van der Waals surface area contributed by atoms with Gasteiger partial charge in [0.1, 0.15) is 24.5 Å². The van der Waals surface area contributed by atoms with Gasteiger partial charge in [0.15, 0.2) is 11.5 Å². The number of hydrogen-bond acceptors (Lipinski definition) is 5. The van der Waals surface area contributed by atoms with Crippen LogP contribution in [0.25, 0.3) is 11.3 Å². The van der Waals surface area contributed by atoms with Crippen molar-refractivity contribution in [3.8, 4) is 28.5 Å². The first-order chi connectivity index (χ1) is 14.1. The molecule has 1 aliphatic rings. The summed E-state index contributed by atoms with van der Waals surface area (Å²) in [6.07, 6.45) is 0. The summed E-state index contributed by atoms with van der Waals surface area (Å²) in [7, 11) is 1.58. The molecule has 1 aliphatic heterocycles. The van der Waals surface area contributed by atoms with E-state index in [0.29, 0.717) is 36.2 Å². The second kappa shape index (κ2) is 8.10. The Hall–Kier alpha value is -3.74. The zero-order valence-electron chi connectivity index (χ0n) is 15.9. The number of rotatable bonds is 5. The molecule has 1 aromatic heterocycles. The quantitative estimate of drug-likeness (QED) is 0.697. The first-order valence-electron chi connectivity index (χ1n) is 9.18. The fourth-order valence-electron chi connectivity index (χ4n) is 3.09. The molecule has 0 aliphatic carbocycles. The summed E-state index contributed by atoms with van der Waals surface area (Å²) in [6, 6.07) is 16.0. The molecule has 3 aromatic rings. The Balaban J connectivity index is 1.47. The summed E-state index contributed by atoms with van der Waals surface area (Å²) in [4.78, 5) is 27.7. The van der Waals surface area contributed by atoms with Crippen molar-refractivity contribution < 1.29 is 19.0 Å². The summed E-state index contributed by atoms with van der Waals surface area (Å²) in [6.45, 7) is 1.29. The number of carbonyl (C=O) groups is 1. The van der Waals surface area contributed by atoms with Crippen LogP contribution in [0.1, 0.15) is 15.9 Å². The van der Waals surface area contributed by atoms with E-state index in [-0.39, 0.29) is 12.1 Å². The number of nitrogens with one attached hydrogen (secondary N) is 2. The number of H-pyrrole nitrogens is 1. The van der Waals surface area contributed by atoms with Crippen LogP contribution < -0.4 is 25.1 Å². The van der Waals surface area contributed by atoms with E-state index in [2.05, 4.69) is 10.3 Å². The lowest BCUT2D eigenvalue weighted by molar-refractivity contribution is 0.0949. The molecule has 2 N–H and O–H groups in total. The Kier molecular flexibility index (Phi) is 5.20. The van der Waals surface area contributed by atoms with Crippen LogP contribution in [-0.4, -0.2) is 31.2 Å². The van der Waals surface area contributed by atoms with Crippen LogP contribution in [0, 0.1) is 0 Å². The highest BCUT2D eigenvalue weighted by Gasteiger charge is 2.14. The van der Waals surface area contributed by atoms with E-state index in [4.69, 9.17) is 14.2 Å². The second-order valence-electron chi connectivity index (χ2n) is 6.51. The van der Waals surface area contributed by atoms with Crippen LogP contribution in [0.15, 0.2) is 59.4 Å². The maximum atomic E-state index is 12.5. The normalized spacial score (nSPS) is 12.3. The maximum absolute atomic E-state index is 12.5. The molecule has 0 atom stereocenters. The van der Waals surface area contributed by atoms with Crippen LogP contribution in [-0.2, 0) is 6.54 Å². The van der Waals surface area contributed by atoms with Gasteiger partial charge in [0.2, 0.25) is 0 Å². The Morgan fingerprint density at radius 3 is 2.69 bits per heavy atom. The number of pyridine rings is 1. The number of fused-ring (bicyclic) bond motifs is 1. The summed E-state index contributed by atoms with van der Waals surface area (Å²) < 4.78 is 16.2. The van der Waals surface area contributed by atoms with Gasteiger partial charge in [0.05, 0.1) is 7.11 Å². The number of hydrogen-bond donors (Lipinski definition) is 2.